The van der Waals surface area contributed by atoms with Crippen molar-refractivity contribution in [2.45, 2.75) is 38.1 Å². The third kappa shape index (κ3) is 4.15. The lowest BCUT2D eigenvalue weighted by molar-refractivity contribution is -0.118. The molecular weight excluding hydrogens is 292 g/mol. The topological polar surface area (TPSA) is 73.5 Å². The number of rotatable bonds is 3. The zero-order chi connectivity index (χ0) is 16.1. The number of urea groups is 1. The average Bonchev–Trinajstić information content (AvgIpc) is 2.56. The first kappa shape index (κ1) is 15.6. The lowest BCUT2D eigenvalue weighted by Gasteiger charge is -2.31. The van der Waals surface area contributed by atoms with Gasteiger partial charge >= 0.3 is 6.03 Å². The fraction of sp³-hybridized carbons (Fsp3) is 0.529. The van der Waals surface area contributed by atoms with Gasteiger partial charge in [-0.3, -0.25) is 10.1 Å². The molecule has 0 spiro atoms. The van der Waals surface area contributed by atoms with E-state index in [1.807, 2.05) is 29.2 Å². The van der Waals surface area contributed by atoms with Gasteiger partial charge < -0.3 is 15.5 Å². The Balaban J connectivity index is 1.50. The molecule has 124 valence electrons. The highest BCUT2D eigenvalue weighted by Gasteiger charge is 2.21. The predicted molar refractivity (Wildman–Crippen MR) is 90.7 cm³/mol. The fourth-order valence-corrected chi connectivity index (χ4v) is 3.32. The van der Waals surface area contributed by atoms with Crippen LogP contribution in [0.2, 0.25) is 0 Å². The first-order chi connectivity index (χ1) is 11.2. The predicted octanol–water partition coefficient (Wildman–Crippen LogP) is 2.08. The molecule has 6 heteroatoms. The summed E-state index contributed by atoms with van der Waals surface area (Å²) in [6.07, 6.45) is 5.55. The molecule has 0 bridgehead atoms. The van der Waals surface area contributed by atoms with Gasteiger partial charge in [-0.2, -0.15) is 0 Å². The van der Waals surface area contributed by atoms with Gasteiger partial charge in [-0.1, -0.05) is 31.4 Å². The van der Waals surface area contributed by atoms with Gasteiger partial charge in [-0.25, -0.2) is 4.79 Å². The van der Waals surface area contributed by atoms with Gasteiger partial charge in [0.25, 0.3) is 0 Å². The highest BCUT2D eigenvalue weighted by Crippen LogP contribution is 2.27. The standard InChI is InChI=1S/C17H24N4O2/c22-16(20-17(23)19-13-6-2-1-3-7-13)12-21-11-10-18-14-8-4-5-9-15(14)21/h4-5,8-9,13,18H,1-3,6-7,10-12H2,(H2,19,20,22,23). The van der Waals surface area contributed by atoms with Gasteiger partial charge in [-0.05, 0) is 25.0 Å². The van der Waals surface area contributed by atoms with Crippen molar-refractivity contribution in [3.63, 3.8) is 0 Å². The summed E-state index contributed by atoms with van der Waals surface area (Å²) in [7, 11) is 0. The van der Waals surface area contributed by atoms with Crippen molar-refractivity contribution in [1.82, 2.24) is 10.6 Å². The van der Waals surface area contributed by atoms with Crippen LogP contribution in [0, 0.1) is 0 Å². The minimum atomic E-state index is -0.370. The molecule has 1 aliphatic heterocycles. The van der Waals surface area contributed by atoms with E-state index in [-0.39, 0.29) is 24.5 Å². The van der Waals surface area contributed by atoms with Gasteiger partial charge in [0.2, 0.25) is 5.91 Å². The molecule has 0 unspecified atom stereocenters. The Hall–Kier alpha value is -2.24. The van der Waals surface area contributed by atoms with Crippen LogP contribution in [0.4, 0.5) is 16.2 Å². The molecule has 0 radical (unpaired) electrons. The highest BCUT2D eigenvalue weighted by atomic mass is 16.2. The van der Waals surface area contributed by atoms with Crippen molar-refractivity contribution in [3.05, 3.63) is 24.3 Å². The SMILES string of the molecule is O=C(CN1CCNc2ccccc21)NC(=O)NC1CCCCC1. The number of benzene rings is 1. The van der Waals surface area contributed by atoms with Crippen LogP contribution < -0.4 is 20.9 Å². The Morgan fingerprint density at radius 2 is 1.96 bits per heavy atom. The number of amides is 3. The minimum absolute atomic E-state index is 0.191. The maximum atomic E-state index is 12.1. The molecule has 1 aromatic carbocycles. The molecule has 3 amide bonds. The van der Waals surface area contributed by atoms with E-state index in [4.69, 9.17) is 0 Å². The number of hydrogen-bond acceptors (Lipinski definition) is 4. The van der Waals surface area contributed by atoms with Crippen molar-refractivity contribution in [2.75, 3.05) is 29.9 Å². The van der Waals surface area contributed by atoms with E-state index in [2.05, 4.69) is 16.0 Å². The first-order valence-electron chi connectivity index (χ1n) is 8.40. The molecular formula is C17H24N4O2. The molecule has 1 heterocycles. The number of imide groups is 1. The number of hydrogen-bond donors (Lipinski definition) is 3. The average molecular weight is 316 g/mol. The van der Waals surface area contributed by atoms with Crippen molar-refractivity contribution in [1.29, 1.82) is 0 Å². The van der Waals surface area contributed by atoms with Crippen molar-refractivity contribution < 1.29 is 9.59 Å². The summed E-state index contributed by atoms with van der Waals surface area (Å²) >= 11 is 0. The zero-order valence-electron chi connectivity index (χ0n) is 13.3. The summed E-state index contributed by atoms with van der Waals surface area (Å²) in [5.41, 5.74) is 2.03. The van der Waals surface area contributed by atoms with Crippen molar-refractivity contribution in [3.8, 4) is 0 Å². The van der Waals surface area contributed by atoms with Crippen LogP contribution in [0.25, 0.3) is 0 Å². The van der Waals surface area contributed by atoms with E-state index >= 15 is 0 Å². The second kappa shape index (κ2) is 7.35. The maximum absolute atomic E-state index is 12.1. The van der Waals surface area contributed by atoms with E-state index in [0.717, 1.165) is 50.1 Å². The van der Waals surface area contributed by atoms with Gasteiger partial charge in [0, 0.05) is 19.1 Å². The van der Waals surface area contributed by atoms with E-state index in [1.54, 1.807) is 0 Å². The number of nitrogens with zero attached hydrogens (tertiary/aromatic N) is 1. The molecule has 23 heavy (non-hydrogen) atoms. The molecule has 1 saturated carbocycles. The molecule has 0 aromatic heterocycles. The number of carbonyl (C=O) groups is 2. The third-order valence-corrected chi connectivity index (χ3v) is 4.47. The maximum Gasteiger partial charge on any atom is 0.321 e. The summed E-state index contributed by atoms with van der Waals surface area (Å²) < 4.78 is 0. The molecule has 3 rings (SSSR count). The number of carbonyl (C=O) groups excluding carboxylic acids is 2. The van der Waals surface area contributed by atoms with Crippen molar-refractivity contribution >= 4 is 23.3 Å². The summed E-state index contributed by atoms with van der Waals surface area (Å²) in [6, 6.07) is 7.73. The van der Waals surface area contributed by atoms with Gasteiger partial charge in [0.05, 0.1) is 17.9 Å². The Bertz CT molecular complexity index is 569. The second-order valence-electron chi connectivity index (χ2n) is 6.22. The molecule has 0 saturated heterocycles. The molecule has 1 aromatic rings. The third-order valence-electron chi connectivity index (χ3n) is 4.47. The Labute approximate surface area is 136 Å². The van der Waals surface area contributed by atoms with Crippen LogP contribution in [-0.4, -0.2) is 37.6 Å². The van der Waals surface area contributed by atoms with Crippen molar-refractivity contribution in [2.24, 2.45) is 0 Å². The van der Waals surface area contributed by atoms with Crippen LogP contribution >= 0.6 is 0 Å². The zero-order valence-corrected chi connectivity index (χ0v) is 13.3. The van der Waals surface area contributed by atoms with E-state index < -0.39 is 0 Å². The largest absolute Gasteiger partial charge is 0.382 e. The Morgan fingerprint density at radius 3 is 2.78 bits per heavy atom. The monoisotopic (exact) mass is 316 g/mol. The number of para-hydroxylation sites is 2. The number of anilines is 2. The smallest absolute Gasteiger partial charge is 0.321 e. The molecule has 6 nitrogen and oxygen atoms in total. The minimum Gasteiger partial charge on any atom is -0.382 e. The summed E-state index contributed by atoms with van der Waals surface area (Å²) in [5.74, 6) is -0.269. The second-order valence-corrected chi connectivity index (χ2v) is 6.22. The Kier molecular flexibility index (Phi) is 5.00. The molecule has 3 N–H and O–H groups in total. The molecule has 2 aliphatic rings. The van der Waals surface area contributed by atoms with Gasteiger partial charge in [0.1, 0.15) is 0 Å². The van der Waals surface area contributed by atoms with E-state index in [1.165, 1.54) is 6.42 Å². The quantitative estimate of drug-likeness (QED) is 0.798. The number of fused-ring (bicyclic) bond motifs is 1. The van der Waals surface area contributed by atoms with E-state index in [0.29, 0.717) is 0 Å². The molecule has 0 atom stereocenters. The van der Waals surface area contributed by atoms with E-state index in [9.17, 15) is 9.59 Å². The summed E-state index contributed by atoms with van der Waals surface area (Å²) in [6.45, 7) is 1.73. The first-order valence-corrected chi connectivity index (χ1v) is 8.40. The lowest BCUT2D eigenvalue weighted by Crippen LogP contribution is -2.49. The van der Waals surface area contributed by atoms with Crippen LogP contribution in [0.1, 0.15) is 32.1 Å². The van der Waals surface area contributed by atoms with Gasteiger partial charge in [0.15, 0.2) is 0 Å². The van der Waals surface area contributed by atoms with Crippen LogP contribution in [0.5, 0.6) is 0 Å². The van der Waals surface area contributed by atoms with Crippen LogP contribution in [0.15, 0.2) is 24.3 Å². The fourth-order valence-electron chi connectivity index (χ4n) is 3.32. The van der Waals surface area contributed by atoms with Gasteiger partial charge in [-0.15, -0.1) is 0 Å². The van der Waals surface area contributed by atoms with Crippen LogP contribution in [0.3, 0.4) is 0 Å². The summed E-state index contributed by atoms with van der Waals surface area (Å²) in [5, 5.41) is 8.67. The van der Waals surface area contributed by atoms with Crippen LogP contribution in [-0.2, 0) is 4.79 Å². The molecule has 1 fully saturated rings. The summed E-state index contributed by atoms with van der Waals surface area (Å²) in [4.78, 5) is 26.1. The normalized spacial score (nSPS) is 17.8. The molecule has 1 aliphatic carbocycles. The highest BCUT2D eigenvalue weighted by molar-refractivity contribution is 5.97. The lowest BCUT2D eigenvalue weighted by atomic mass is 9.96. The Morgan fingerprint density at radius 1 is 1.17 bits per heavy atom. The number of nitrogens with one attached hydrogen (secondary N) is 3.